The zero-order valence-electron chi connectivity index (χ0n) is 9.25. The van der Waals surface area contributed by atoms with Crippen LogP contribution in [0.4, 0.5) is 4.79 Å². The lowest BCUT2D eigenvalue weighted by Gasteiger charge is -2.15. The SMILES string of the molecule is O=C1OC[C@H](Cc2ccccc2)N1/N=C/CCl. The van der Waals surface area contributed by atoms with Gasteiger partial charge in [0.2, 0.25) is 0 Å². The van der Waals surface area contributed by atoms with Crippen LogP contribution in [0.5, 0.6) is 0 Å². The quantitative estimate of drug-likeness (QED) is 0.609. The molecular formula is C12H13ClN2O2. The summed E-state index contributed by atoms with van der Waals surface area (Å²) in [6.07, 6.45) is 1.81. The molecule has 0 aromatic heterocycles. The Bertz CT molecular complexity index is 408. The molecule has 4 nitrogen and oxygen atoms in total. The number of rotatable bonds is 4. The van der Waals surface area contributed by atoms with E-state index < -0.39 is 6.09 Å². The molecule has 1 saturated heterocycles. The van der Waals surface area contributed by atoms with Crippen molar-refractivity contribution in [3.05, 3.63) is 35.9 Å². The molecule has 1 heterocycles. The molecule has 1 aromatic carbocycles. The third kappa shape index (κ3) is 2.97. The van der Waals surface area contributed by atoms with E-state index in [9.17, 15) is 4.79 Å². The number of carbonyl (C=O) groups excluding carboxylic acids is 1. The van der Waals surface area contributed by atoms with Crippen molar-refractivity contribution in [1.82, 2.24) is 5.01 Å². The molecule has 1 atom stereocenters. The number of hydrogen-bond acceptors (Lipinski definition) is 3. The van der Waals surface area contributed by atoms with Gasteiger partial charge < -0.3 is 4.74 Å². The van der Waals surface area contributed by atoms with E-state index in [4.69, 9.17) is 16.3 Å². The molecule has 0 N–H and O–H groups in total. The minimum absolute atomic E-state index is 0.0515. The minimum Gasteiger partial charge on any atom is -0.446 e. The average Bonchev–Trinajstić information content (AvgIpc) is 2.69. The maximum absolute atomic E-state index is 11.4. The van der Waals surface area contributed by atoms with Crippen molar-refractivity contribution < 1.29 is 9.53 Å². The fourth-order valence-electron chi connectivity index (χ4n) is 1.75. The van der Waals surface area contributed by atoms with E-state index in [0.717, 1.165) is 12.0 Å². The van der Waals surface area contributed by atoms with Crippen LogP contribution in [0.2, 0.25) is 0 Å². The number of cyclic esters (lactones) is 1. The van der Waals surface area contributed by atoms with Gasteiger partial charge in [0.1, 0.15) is 6.61 Å². The predicted molar refractivity (Wildman–Crippen MR) is 66.3 cm³/mol. The number of ether oxygens (including phenoxy) is 1. The zero-order valence-corrected chi connectivity index (χ0v) is 10.0. The predicted octanol–water partition coefficient (Wildman–Crippen LogP) is 2.27. The topological polar surface area (TPSA) is 41.9 Å². The zero-order chi connectivity index (χ0) is 12.1. The molecule has 5 heteroatoms. The summed E-state index contributed by atoms with van der Waals surface area (Å²) in [4.78, 5) is 11.4. The van der Waals surface area contributed by atoms with Gasteiger partial charge >= 0.3 is 6.09 Å². The Labute approximate surface area is 105 Å². The van der Waals surface area contributed by atoms with Crippen LogP contribution in [0.15, 0.2) is 35.4 Å². The van der Waals surface area contributed by atoms with Crippen LogP contribution in [0, 0.1) is 0 Å². The summed E-state index contributed by atoms with van der Waals surface area (Å²) in [5.41, 5.74) is 1.15. The Hall–Kier alpha value is -1.55. The van der Waals surface area contributed by atoms with Gasteiger partial charge in [-0.25, -0.2) is 4.79 Å². The number of halogens is 1. The summed E-state index contributed by atoms with van der Waals surface area (Å²) < 4.78 is 4.98. The van der Waals surface area contributed by atoms with Gasteiger partial charge in [0, 0.05) is 6.21 Å². The fraction of sp³-hybridized carbons (Fsp3) is 0.333. The monoisotopic (exact) mass is 252 g/mol. The van der Waals surface area contributed by atoms with Crippen LogP contribution in [-0.4, -0.2) is 35.8 Å². The Morgan fingerprint density at radius 1 is 1.47 bits per heavy atom. The smallest absolute Gasteiger partial charge is 0.430 e. The van der Waals surface area contributed by atoms with E-state index in [1.165, 1.54) is 11.2 Å². The molecule has 0 bridgehead atoms. The largest absolute Gasteiger partial charge is 0.446 e. The molecule has 0 saturated carbocycles. The minimum atomic E-state index is -0.410. The van der Waals surface area contributed by atoms with Crippen molar-refractivity contribution in [3.8, 4) is 0 Å². The average molecular weight is 253 g/mol. The molecular weight excluding hydrogens is 240 g/mol. The third-order valence-electron chi connectivity index (χ3n) is 2.52. The van der Waals surface area contributed by atoms with E-state index in [-0.39, 0.29) is 11.9 Å². The molecule has 1 fully saturated rings. The molecule has 0 spiro atoms. The van der Waals surface area contributed by atoms with Crippen molar-refractivity contribution in [2.45, 2.75) is 12.5 Å². The lowest BCUT2D eigenvalue weighted by molar-refractivity contribution is 0.159. The first-order valence-electron chi connectivity index (χ1n) is 5.39. The number of alkyl halides is 1. The summed E-state index contributed by atoms with van der Waals surface area (Å²) in [5.74, 6) is 0.280. The Balaban J connectivity index is 2.05. The standard InChI is InChI=1S/C12H13ClN2O2/c13-6-7-14-15-11(9-17-12(15)16)8-10-4-2-1-3-5-10/h1-5,7,11H,6,8-9H2/b14-7+/t11-/m0/s1. The maximum Gasteiger partial charge on any atom is 0.430 e. The highest BCUT2D eigenvalue weighted by atomic mass is 35.5. The molecule has 1 aliphatic heterocycles. The Kier molecular flexibility index (Phi) is 3.98. The normalized spacial score (nSPS) is 19.9. The molecule has 1 amide bonds. The van der Waals surface area contributed by atoms with Crippen LogP contribution >= 0.6 is 11.6 Å². The van der Waals surface area contributed by atoms with Gasteiger partial charge in [-0.1, -0.05) is 30.3 Å². The summed E-state index contributed by atoms with van der Waals surface area (Å²) in [7, 11) is 0. The lowest BCUT2D eigenvalue weighted by Crippen LogP contribution is -2.30. The number of carbonyl (C=O) groups is 1. The second kappa shape index (κ2) is 5.68. The summed E-state index contributed by atoms with van der Waals surface area (Å²) >= 11 is 5.51. The van der Waals surface area contributed by atoms with Crippen LogP contribution in [-0.2, 0) is 11.2 Å². The molecule has 1 aromatic rings. The van der Waals surface area contributed by atoms with Crippen molar-refractivity contribution in [2.24, 2.45) is 5.10 Å². The highest BCUT2D eigenvalue weighted by Gasteiger charge is 2.32. The molecule has 1 aliphatic rings. The number of hydrazone groups is 1. The summed E-state index contributed by atoms with van der Waals surface area (Å²) in [6, 6.07) is 9.89. The van der Waals surface area contributed by atoms with Gasteiger partial charge in [-0.05, 0) is 12.0 Å². The van der Waals surface area contributed by atoms with Crippen molar-refractivity contribution in [3.63, 3.8) is 0 Å². The first kappa shape index (κ1) is 11.9. The van der Waals surface area contributed by atoms with Gasteiger partial charge in [-0.15, -0.1) is 11.6 Å². The van der Waals surface area contributed by atoms with Crippen LogP contribution in [0.1, 0.15) is 5.56 Å². The molecule has 90 valence electrons. The number of hydrogen-bond donors (Lipinski definition) is 0. The number of amides is 1. The number of benzene rings is 1. The summed E-state index contributed by atoms with van der Waals surface area (Å²) in [6.45, 7) is 0.368. The van der Waals surface area contributed by atoms with Crippen molar-refractivity contribution >= 4 is 23.9 Å². The number of nitrogens with zero attached hydrogens (tertiary/aromatic N) is 2. The maximum atomic E-state index is 11.4. The molecule has 2 rings (SSSR count). The summed E-state index contributed by atoms with van der Waals surface area (Å²) in [5, 5.41) is 5.36. The van der Waals surface area contributed by atoms with Gasteiger partial charge in [-0.3, -0.25) is 0 Å². The lowest BCUT2D eigenvalue weighted by atomic mass is 10.1. The molecule has 0 aliphatic carbocycles. The Morgan fingerprint density at radius 2 is 2.24 bits per heavy atom. The van der Waals surface area contributed by atoms with E-state index in [1.54, 1.807) is 0 Å². The second-order valence-corrected chi connectivity index (χ2v) is 4.03. The Morgan fingerprint density at radius 3 is 2.94 bits per heavy atom. The van der Waals surface area contributed by atoms with Gasteiger partial charge in [-0.2, -0.15) is 10.1 Å². The second-order valence-electron chi connectivity index (χ2n) is 3.72. The molecule has 17 heavy (non-hydrogen) atoms. The van der Waals surface area contributed by atoms with E-state index >= 15 is 0 Å². The third-order valence-corrected chi connectivity index (χ3v) is 2.66. The van der Waals surface area contributed by atoms with Crippen LogP contribution in [0.3, 0.4) is 0 Å². The van der Waals surface area contributed by atoms with E-state index in [0.29, 0.717) is 6.61 Å². The highest BCUT2D eigenvalue weighted by Crippen LogP contribution is 2.17. The van der Waals surface area contributed by atoms with Crippen molar-refractivity contribution in [2.75, 3.05) is 12.5 Å². The first-order valence-corrected chi connectivity index (χ1v) is 5.93. The highest BCUT2D eigenvalue weighted by molar-refractivity contribution is 6.24. The van der Waals surface area contributed by atoms with Gasteiger partial charge in [0.05, 0.1) is 11.9 Å². The van der Waals surface area contributed by atoms with Crippen molar-refractivity contribution in [1.29, 1.82) is 0 Å². The molecule has 0 unspecified atom stereocenters. The van der Waals surface area contributed by atoms with Gasteiger partial charge in [0.15, 0.2) is 0 Å². The van der Waals surface area contributed by atoms with Crippen LogP contribution < -0.4 is 0 Å². The van der Waals surface area contributed by atoms with E-state index in [1.807, 2.05) is 30.3 Å². The first-order chi connectivity index (χ1) is 8.31. The van der Waals surface area contributed by atoms with Crippen LogP contribution in [0.25, 0.3) is 0 Å². The fourth-order valence-corrected chi connectivity index (χ4v) is 1.81. The molecule has 0 radical (unpaired) electrons. The van der Waals surface area contributed by atoms with Gasteiger partial charge in [0.25, 0.3) is 0 Å². The van der Waals surface area contributed by atoms with E-state index in [2.05, 4.69) is 5.10 Å².